The van der Waals surface area contributed by atoms with Gasteiger partial charge in [0.15, 0.2) is 5.17 Å². The van der Waals surface area contributed by atoms with E-state index in [0.717, 1.165) is 16.8 Å². The van der Waals surface area contributed by atoms with Gasteiger partial charge in [-0.15, -0.1) is 5.10 Å². The normalized spacial score (nSPS) is 18.1. The summed E-state index contributed by atoms with van der Waals surface area (Å²) in [5, 5.41) is 9.01. The highest BCUT2D eigenvalue weighted by Crippen LogP contribution is 2.34. The lowest BCUT2D eigenvalue weighted by Crippen LogP contribution is -2.32. The van der Waals surface area contributed by atoms with Crippen LogP contribution in [0.2, 0.25) is 0 Å². The molecule has 1 fully saturated rings. The van der Waals surface area contributed by atoms with E-state index in [2.05, 4.69) is 35.3 Å². The highest BCUT2D eigenvalue weighted by atomic mass is 32.2. The number of aryl methyl sites for hydroxylation is 1. The van der Waals surface area contributed by atoms with Crippen LogP contribution in [0.3, 0.4) is 0 Å². The van der Waals surface area contributed by atoms with E-state index in [-0.39, 0.29) is 11.2 Å². The van der Waals surface area contributed by atoms with Crippen LogP contribution in [0, 0.1) is 6.92 Å². The maximum absolute atomic E-state index is 13.2. The van der Waals surface area contributed by atoms with Crippen LogP contribution in [0.25, 0.3) is 0 Å². The lowest BCUT2D eigenvalue weighted by atomic mass is 10.1. The van der Waals surface area contributed by atoms with Crippen molar-refractivity contribution >= 4 is 34.7 Å². The van der Waals surface area contributed by atoms with Crippen LogP contribution >= 0.6 is 11.8 Å². The van der Waals surface area contributed by atoms with Crippen LogP contribution in [0.4, 0.5) is 5.69 Å². The molecule has 1 amide bonds. The third-order valence-electron chi connectivity index (χ3n) is 4.60. The van der Waals surface area contributed by atoms with Gasteiger partial charge in [0.05, 0.1) is 17.2 Å². The average molecular weight is 400 g/mol. The zero-order chi connectivity index (χ0) is 20.1. The maximum atomic E-state index is 13.2. The second-order valence-corrected chi connectivity index (χ2v) is 8.02. The number of carbonyl (C=O) groups is 1. The molecule has 0 saturated carbocycles. The number of hydrogen-bond acceptors (Lipinski definition) is 4. The Morgan fingerprint density at radius 2 is 1.69 bits per heavy atom. The zero-order valence-corrected chi connectivity index (χ0v) is 16.9. The fourth-order valence-corrected chi connectivity index (χ4v) is 4.35. The van der Waals surface area contributed by atoms with Crippen molar-refractivity contribution < 1.29 is 4.79 Å². The van der Waals surface area contributed by atoms with Gasteiger partial charge in [0.2, 0.25) is 5.91 Å². The van der Waals surface area contributed by atoms with Gasteiger partial charge in [0.25, 0.3) is 0 Å². The van der Waals surface area contributed by atoms with Crippen molar-refractivity contribution in [2.75, 3.05) is 4.90 Å². The lowest BCUT2D eigenvalue weighted by molar-refractivity contribution is -0.116. The molecular formula is C24H21N3OS. The summed E-state index contributed by atoms with van der Waals surface area (Å²) in [6.07, 6.45) is 2.37. The number of benzene rings is 3. The summed E-state index contributed by atoms with van der Waals surface area (Å²) in [7, 11) is 0. The van der Waals surface area contributed by atoms with Crippen molar-refractivity contribution in [1.29, 1.82) is 0 Å². The van der Waals surface area contributed by atoms with Crippen molar-refractivity contribution in [3.8, 4) is 0 Å². The summed E-state index contributed by atoms with van der Waals surface area (Å²) in [5.74, 6) is 0.0383. The summed E-state index contributed by atoms with van der Waals surface area (Å²) in [6.45, 7) is 2.06. The average Bonchev–Trinajstić information content (AvgIpc) is 3.04. The predicted octanol–water partition coefficient (Wildman–Crippen LogP) is 5.08. The van der Waals surface area contributed by atoms with Crippen molar-refractivity contribution in [1.82, 2.24) is 0 Å². The molecule has 0 N–H and O–H groups in total. The summed E-state index contributed by atoms with van der Waals surface area (Å²) in [5.41, 5.74) is 4.12. The Labute approximate surface area is 175 Å². The molecule has 1 aliphatic heterocycles. The summed E-state index contributed by atoms with van der Waals surface area (Å²) >= 11 is 1.47. The fraction of sp³-hybridized carbons (Fsp3) is 0.125. The van der Waals surface area contributed by atoms with E-state index >= 15 is 0 Å². The Morgan fingerprint density at radius 3 is 2.41 bits per heavy atom. The smallest absolute Gasteiger partial charge is 0.247 e. The summed E-state index contributed by atoms with van der Waals surface area (Å²) in [4.78, 5) is 14.9. The molecule has 1 atom stereocenters. The molecule has 1 heterocycles. The van der Waals surface area contributed by atoms with Gasteiger partial charge in [-0.05, 0) is 36.6 Å². The van der Waals surface area contributed by atoms with E-state index in [1.165, 1.54) is 17.3 Å². The number of carbonyl (C=O) groups excluding carboxylic acids is 1. The molecule has 0 bridgehead atoms. The predicted molar refractivity (Wildman–Crippen MR) is 122 cm³/mol. The van der Waals surface area contributed by atoms with E-state index in [1.54, 1.807) is 11.1 Å². The lowest BCUT2D eigenvalue weighted by Gasteiger charge is -2.15. The van der Waals surface area contributed by atoms with Crippen LogP contribution < -0.4 is 4.90 Å². The Balaban J connectivity index is 1.61. The van der Waals surface area contributed by atoms with Crippen LogP contribution in [0.1, 0.15) is 16.7 Å². The van der Waals surface area contributed by atoms with Gasteiger partial charge in [-0.3, -0.25) is 9.69 Å². The first-order chi connectivity index (χ1) is 14.2. The SMILES string of the molecule is Cc1cccc(C[C@@H]2S/C(=N\N=C/c3ccccc3)N(c3ccccc3)C2=O)c1. The van der Waals surface area contributed by atoms with Crippen molar-refractivity contribution in [3.63, 3.8) is 0 Å². The Kier molecular flexibility index (Phi) is 5.86. The zero-order valence-electron chi connectivity index (χ0n) is 16.1. The number of anilines is 1. The van der Waals surface area contributed by atoms with Gasteiger partial charge < -0.3 is 0 Å². The van der Waals surface area contributed by atoms with E-state index in [9.17, 15) is 4.79 Å². The minimum absolute atomic E-state index is 0.0383. The first-order valence-corrected chi connectivity index (χ1v) is 10.4. The van der Waals surface area contributed by atoms with Crippen molar-refractivity contribution in [2.24, 2.45) is 10.2 Å². The van der Waals surface area contributed by atoms with Gasteiger partial charge >= 0.3 is 0 Å². The quantitative estimate of drug-likeness (QED) is 0.444. The Bertz CT molecular complexity index is 1050. The minimum Gasteiger partial charge on any atom is -0.273 e. The van der Waals surface area contributed by atoms with Crippen LogP contribution in [0.5, 0.6) is 0 Å². The van der Waals surface area contributed by atoms with Crippen molar-refractivity contribution in [2.45, 2.75) is 18.6 Å². The van der Waals surface area contributed by atoms with Crippen LogP contribution in [-0.4, -0.2) is 22.5 Å². The molecule has 0 aromatic heterocycles. The Morgan fingerprint density at radius 1 is 0.966 bits per heavy atom. The molecule has 1 saturated heterocycles. The fourth-order valence-electron chi connectivity index (χ4n) is 3.22. The molecular weight excluding hydrogens is 378 g/mol. The molecule has 3 aromatic carbocycles. The molecule has 1 aliphatic rings. The molecule has 144 valence electrons. The molecule has 29 heavy (non-hydrogen) atoms. The molecule has 4 nitrogen and oxygen atoms in total. The highest BCUT2D eigenvalue weighted by molar-refractivity contribution is 8.16. The first-order valence-electron chi connectivity index (χ1n) is 9.48. The summed E-state index contributed by atoms with van der Waals surface area (Å²) in [6, 6.07) is 27.7. The standard InChI is InChI=1S/C24H21N3OS/c1-18-9-8-12-20(15-18)16-22-23(28)27(21-13-6-3-7-14-21)24(29-22)26-25-17-19-10-4-2-5-11-19/h2-15,17,22H,16H2,1H3/b25-17-,26-24-/t22-/m0/s1. The number of rotatable bonds is 5. The molecule has 3 aromatic rings. The second kappa shape index (κ2) is 8.88. The monoisotopic (exact) mass is 399 g/mol. The van der Waals surface area contributed by atoms with Crippen molar-refractivity contribution in [3.05, 3.63) is 102 Å². The molecule has 0 radical (unpaired) electrons. The molecule has 0 aliphatic carbocycles. The number of thioether (sulfide) groups is 1. The third-order valence-corrected chi connectivity index (χ3v) is 5.73. The maximum Gasteiger partial charge on any atom is 0.247 e. The molecule has 0 unspecified atom stereocenters. The van der Waals surface area contributed by atoms with Gasteiger partial charge in [-0.2, -0.15) is 5.10 Å². The number of amidine groups is 1. The van der Waals surface area contributed by atoms with Crippen LogP contribution in [0.15, 0.2) is 95.1 Å². The summed E-state index contributed by atoms with van der Waals surface area (Å²) < 4.78 is 0. The Hall–Kier alpha value is -3.18. The number of nitrogens with zero attached hydrogens (tertiary/aromatic N) is 3. The topological polar surface area (TPSA) is 45.0 Å². The van der Waals surface area contributed by atoms with E-state index in [1.807, 2.05) is 66.7 Å². The third kappa shape index (κ3) is 4.63. The van der Waals surface area contributed by atoms with Gasteiger partial charge in [-0.1, -0.05) is 90.1 Å². The van der Waals surface area contributed by atoms with Gasteiger partial charge in [0, 0.05) is 0 Å². The van der Waals surface area contributed by atoms with Gasteiger partial charge in [0.1, 0.15) is 0 Å². The molecule has 4 rings (SSSR count). The van der Waals surface area contributed by atoms with Crippen LogP contribution in [-0.2, 0) is 11.2 Å². The number of para-hydroxylation sites is 1. The van der Waals surface area contributed by atoms with E-state index in [4.69, 9.17) is 0 Å². The van der Waals surface area contributed by atoms with E-state index < -0.39 is 0 Å². The largest absolute Gasteiger partial charge is 0.273 e. The number of amides is 1. The number of hydrogen-bond donors (Lipinski definition) is 0. The molecule has 5 heteroatoms. The molecule has 0 spiro atoms. The first kappa shape index (κ1) is 19.2. The van der Waals surface area contributed by atoms with Gasteiger partial charge in [-0.25, -0.2) is 0 Å². The minimum atomic E-state index is -0.220. The van der Waals surface area contributed by atoms with E-state index in [0.29, 0.717) is 11.6 Å². The highest BCUT2D eigenvalue weighted by Gasteiger charge is 2.39. The second-order valence-electron chi connectivity index (χ2n) is 6.85.